The number of benzene rings is 1. The number of nitrogens with one attached hydrogen (secondary N) is 1. The highest BCUT2D eigenvalue weighted by molar-refractivity contribution is 5.32. The van der Waals surface area contributed by atoms with E-state index in [4.69, 9.17) is 4.74 Å². The minimum Gasteiger partial charge on any atom is -0.373 e. The van der Waals surface area contributed by atoms with E-state index in [0.29, 0.717) is 24.3 Å². The highest BCUT2D eigenvalue weighted by Gasteiger charge is 2.41. The predicted octanol–water partition coefficient (Wildman–Crippen LogP) is 3.27. The number of hydrogen-bond donors (Lipinski definition) is 1. The van der Waals surface area contributed by atoms with E-state index in [1.807, 2.05) is 0 Å². The summed E-state index contributed by atoms with van der Waals surface area (Å²) in [6, 6.07) is 7.71. The van der Waals surface area contributed by atoms with E-state index in [-0.39, 0.29) is 0 Å². The molecule has 0 saturated carbocycles. The Labute approximate surface area is 110 Å². The predicted molar refractivity (Wildman–Crippen MR) is 73.8 cm³/mol. The molecule has 0 spiro atoms. The van der Waals surface area contributed by atoms with E-state index < -0.39 is 0 Å². The average Bonchev–Trinajstić information content (AvgIpc) is 2.90. The quantitative estimate of drug-likeness (QED) is 0.882. The van der Waals surface area contributed by atoms with Gasteiger partial charge >= 0.3 is 0 Å². The minimum absolute atomic E-state index is 0.415. The first-order chi connectivity index (χ1) is 8.63. The molecule has 2 saturated heterocycles. The summed E-state index contributed by atoms with van der Waals surface area (Å²) in [6.07, 6.45) is 4.69. The first-order valence-electron chi connectivity index (χ1n) is 7.12. The first-order valence-corrected chi connectivity index (χ1v) is 7.12. The molecule has 0 aromatic heterocycles. The molecule has 2 aliphatic rings. The minimum atomic E-state index is 0.415. The summed E-state index contributed by atoms with van der Waals surface area (Å²) < 4.78 is 5.91. The van der Waals surface area contributed by atoms with E-state index in [1.54, 1.807) is 0 Å². The molecular formula is C16H23NO. The monoisotopic (exact) mass is 245 g/mol. The Morgan fingerprint density at radius 2 is 2.11 bits per heavy atom. The lowest BCUT2D eigenvalue weighted by Crippen LogP contribution is -2.39. The average molecular weight is 245 g/mol. The highest BCUT2D eigenvalue weighted by atomic mass is 16.5. The van der Waals surface area contributed by atoms with Gasteiger partial charge in [-0.15, -0.1) is 0 Å². The summed E-state index contributed by atoms with van der Waals surface area (Å²) in [7, 11) is 0. The molecule has 1 N–H and O–H groups in total. The Hall–Kier alpha value is -0.860. The third-order valence-corrected chi connectivity index (χ3v) is 4.46. The van der Waals surface area contributed by atoms with Crippen LogP contribution in [0.25, 0.3) is 0 Å². The van der Waals surface area contributed by atoms with Gasteiger partial charge in [0.25, 0.3) is 0 Å². The molecule has 4 unspecified atom stereocenters. The number of ether oxygens (including phenoxy) is 1. The third kappa shape index (κ3) is 2.19. The van der Waals surface area contributed by atoms with Crippen molar-refractivity contribution in [2.75, 3.05) is 0 Å². The van der Waals surface area contributed by atoms with Crippen molar-refractivity contribution in [3.8, 4) is 0 Å². The van der Waals surface area contributed by atoms with Crippen LogP contribution in [0.15, 0.2) is 18.2 Å². The Morgan fingerprint density at radius 1 is 1.28 bits per heavy atom. The molecule has 1 aromatic carbocycles. The Balaban J connectivity index is 1.69. The molecule has 2 fully saturated rings. The van der Waals surface area contributed by atoms with Crippen LogP contribution in [0.4, 0.5) is 0 Å². The van der Waals surface area contributed by atoms with Crippen LogP contribution in [-0.2, 0) is 4.74 Å². The smallest absolute Gasteiger partial charge is 0.0733 e. The topological polar surface area (TPSA) is 21.3 Å². The molecule has 0 aliphatic carbocycles. The van der Waals surface area contributed by atoms with Gasteiger partial charge in [0.2, 0.25) is 0 Å². The van der Waals surface area contributed by atoms with Gasteiger partial charge in [-0.3, -0.25) is 0 Å². The Morgan fingerprint density at radius 3 is 2.72 bits per heavy atom. The molecule has 2 heteroatoms. The van der Waals surface area contributed by atoms with Gasteiger partial charge < -0.3 is 10.1 Å². The fourth-order valence-electron chi connectivity index (χ4n) is 3.54. The molecule has 2 heterocycles. The fourth-order valence-corrected chi connectivity index (χ4v) is 3.54. The molecule has 2 bridgehead atoms. The van der Waals surface area contributed by atoms with Crippen molar-refractivity contribution in [1.29, 1.82) is 0 Å². The summed E-state index contributed by atoms with van der Waals surface area (Å²) in [5.41, 5.74) is 4.15. The van der Waals surface area contributed by atoms with Crippen molar-refractivity contribution < 1.29 is 4.74 Å². The van der Waals surface area contributed by atoms with Gasteiger partial charge in [-0.05, 0) is 51.2 Å². The van der Waals surface area contributed by atoms with Crippen molar-refractivity contribution in [2.45, 2.75) is 64.3 Å². The SMILES string of the molecule is Cc1ccc(C(C)NC2CC3CCC2O3)c(C)c1. The third-order valence-electron chi connectivity index (χ3n) is 4.46. The van der Waals surface area contributed by atoms with E-state index in [2.05, 4.69) is 44.3 Å². The maximum Gasteiger partial charge on any atom is 0.0733 e. The van der Waals surface area contributed by atoms with Crippen LogP contribution in [0.5, 0.6) is 0 Å². The lowest BCUT2D eigenvalue weighted by atomic mass is 9.93. The number of rotatable bonds is 3. The van der Waals surface area contributed by atoms with Gasteiger partial charge in [0.1, 0.15) is 0 Å². The van der Waals surface area contributed by atoms with Gasteiger partial charge in [-0.2, -0.15) is 0 Å². The summed E-state index contributed by atoms with van der Waals surface area (Å²) in [6.45, 7) is 6.63. The number of fused-ring (bicyclic) bond motifs is 2. The Bertz CT molecular complexity index is 443. The standard InChI is InChI=1S/C16H23NO/c1-10-4-6-14(11(2)8-10)12(3)17-15-9-13-5-7-16(15)18-13/h4,6,8,12-13,15-17H,5,7,9H2,1-3H3. The van der Waals surface area contributed by atoms with Crippen molar-refractivity contribution in [3.05, 3.63) is 34.9 Å². The molecule has 0 amide bonds. The normalized spacial score (nSPS) is 31.8. The molecule has 2 nitrogen and oxygen atoms in total. The Kier molecular flexibility index (Phi) is 3.16. The van der Waals surface area contributed by atoms with Gasteiger partial charge in [0.05, 0.1) is 12.2 Å². The second kappa shape index (κ2) is 4.67. The molecular weight excluding hydrogens is 222 g/mol. The van der Waals surface area contributed by atoms with Crippen LogP contribution in [0.2, 0.25) is 0 Å². The van der Waals surface area contributed by atoms with Gasteiger partial charge in [0, 0.05) is 12.1 Å². The molecule has 2 aliphatic heterocycles. The lowest BCUT2D eigenvalue weighted by molar-refractivity contribution is 0.0962. The lowest BCUT2D eigenvalue weighted by Gasteiger charge is -2.25. The molecule has 98 valence electrons. The molecule has 1 aromatic rings. The van der Waals surface area contributed by atoms with E-state index in [1.165, 1.54) is 36.0 Å². The second-order valence-electron chi connectivity index (χ2n) is 5.96. The van der Waals surface area contributed by atoms with Crippen molar-refractivity contribution in [1.82, 2.24) is 5.32 Å². The molecule has 0 radical (unpaired) electrons. The van der Waals surface area contributed by atoms with E-state index >= 15 is 0 Å². The maximum absolute atomic E-state index is 5.91. The van der Waals surface area contributed by atoms with Gasteiger partial charge in [-0.1, -0.05) is 23.8 Å². The van der Waals surface area contributed by atoms with Crippen LogP contribution in [0.3, 0.4) is 0 Å². The molecule has 3 rings (SSSR count). The number of aryl methyl sites for hydroxylation is 2. The largest absolute Gasteiger partial charge is 0.373 e. The summed E-state index contributed by atoms with van der Waals surface area (Å²) in [5.74, 6) is 0. The van der Waals surface area contributed by atoms with Crippen LogP contribution in [0, 0.1) is 13.8 Å². The highest BCUT2D eigenvalue weighted by Crippen LogP contribution is 2.35. The van der Waals surface area contributed by atoms with Crippen LogP contribution in [0.1, 0.15) is 48.9 Å². The first kappa shape index (κ1) is 12.2. The van der Waals surface area contributed by atoms with E-state index in [9.17, 15) is 0 Å². The summed E-state index contributed by atoms with van der Waals surface area (Å²) in [5, 5.41) is 3.76. The zero-order chi connectivity index (χ0) is 12.7. The second-order valence-corrected chi connectivity index (χ2v) is 5.96. The maximum atomic E-state index is 5.91. The zero-order valence-electron chi connectivity index (χ0n) is 11.6. The van der Waals surface area contributed by atoms with Gasteiger partial charge in [-0.25, -0.2) is 0 Å². The van der Waals surface area contributed by atoms with Crippen LogP contribution >= 0.6 is 0 Å². The van der Waals surface area contributed by atoms with Crippen molar-refractivity contribution in [2.24, 2.45) is 0 Å². The summed E-state index contributed by atoms with van der Waals surface area (Å²) >= 11 is 0. The number of hydrogen-bond acceptors (Lipinski definition) is 2. The van der Waals surface area contributed by atoms with Gasteiger partial charge in [0.15, 0.2) is 0 Å². The van der Waals surface area contributed by atoms with Crippen molar-refractivity contribution in [3.63, 3.8) is 0 Å². The fraction of sp³-hybridized carbons (Fsp3) is 0.625. The van der Waals surface area contributed by atoms with E-state index in [0.717, 1.165) is 0 Å². The summed E-state index contributed by atoms with van der Waals surface area (Å²) in [4.78, 5) is 0. The van der Waals surface area contributed by atoms with Crippen LogP contribution < -0.4 is 5.32 Å². The zero-order valence-corrected chi connectivity index (χ0v) is 11.6. The van der Waals surface area contributed by atoms with Crippen molar-refractivity contribution >= 4 is 0 Å². The molecule has 18 heavy (non-hydrogen) atoms. The van der Waals surface area contributed by atoms with Crippen LogP contribution in [-0.4, -0.2) is 18.2 Å². The molecule has 4 atom stereocenters.